The highest BCUT2D eigenvalue weighted by molar-refractivity contribution is 7.98. The van der Waals surface area contributed by atoms with E-state index >= 15 is 0 Å². The van der Waals surface area contributed by atoms with Crippen LogP contribution in [0.5, 0.6) is 5.88 Å². The minimum Gasteiger partial charge on any atom is -0.472 e. The number of thioether (sulfide) groups is 1. The quantitative estimate of drug-likeness (QED) is 0.492. The second kappa shape index (κ2) is 6.05. The van der Waals surface area contributed by atoms with Crippen LogP contribution in [0.1, 0.15) is 11.1 Å². The first-order valence-corrected chi connectivity index (χ1v) is 7.44. The Morgan fingerprint density at radius 3 is 3.00 bits per heavy atom. The van der Waals surface area contributed by atoms with E-state index in [-0.39, 0.29) is 16.6 Å². The first-order valence-electron chi connectivity index (χ1n) is 4.90. The van der Waals surface area contributed by atoms with Gasteiger partial charge in [0.2, 0.25) is 5.88 Å². The van der Waals surface area contributed by atoms with E-state index < -0.39 is 0 Å². The van der Waals surface area contributed by atoms with E-state index in [1.54, 1.807) is 11.3 Å². The van der Waals surface area contributed by atoms with Gasteiger partial charge in [-0.1, -0.05) is 23.4 Å². The van der Waals surface area contributed by atoms with Crippen LogP contribution in [0.15, 0.2) is 22.0 Å². The summed E-state index contributed by atoms with van der Waals surface area (Å²) >= 11 is 8.84. The number of rotatable bonds is 4. The number of aromatic nitrogens is 2. The average Bonchev–Trinajstić information content (AvgIpc) is 2.88. The van der Waals surface area contributed by atoms with Gasteiger partial charge in [0.1, 0.15) is 12.7 Å². The van der Waals surface area contributed by atoms with Crippen LogP contribution in [-0.2, 0) is 6.61 Å². The molecule has 2 rings (SSSR count). The summed E-state index contributed by atoms with van der Waals surface area (Å²) < 4.78 is 5.53. The maximum Gasteiger partial charge on any atom is 0.237 e. The minimum atomic E-state index is 0.122. The maximum absolute atomic E-state index is 9.02. The van der Waals surface area contributed by atoms with E-state index in [0.717, 1.165) is 5.56 Å². The summed E-state index contributed by atoms with van der Waals surface area (Å²) in [5, 5.41) is 13.6. The van der Waals surface area contributed by atoms with Crippen molar-refractivity contribution in [2.75, 3.05) is 6.26 Å². The fourth-order valence-electron chi connectivity index (χ4n) is 1.21. The standard InChI is InChI=1S/C11H8ClN3OS2/c1-17-11-14-9(12)8(4-13)10(15-11)16-5-7-2-3-18-6-7/h2-3,6H,5H2,1H3. The van der Waals surface area contributed by atoms with Crippen molar-refractivity contribution in [1.82, 2.24) is 9.97 Å². The summed E-state index contributed by atoms with van der Waals surface area (Å²) in [4.78, 5) is 8.13. The molecular weight excluding hydrogens is 290 g/mol. The van der Waals surface area contributed by atoms with Crippen LogP contribution in [0, 0.1) is 11.3 Å². The molecule has 0 aliphatic heterocycles. The highest BCUT2D eigenvalue weighted by Gasteiger charge is 2.14. The van der Waals surface area contributed by atoms with Gasteiger partial charge in [0.05, 0.1) is 0 Å². The largest absolute Gasteiger partial charge is 0.472 e. The molecule has 0 atom stereocenters. The SMILES string of the molecule is CSc1nc(Cl)c(C#N)c(OCc2ccsc2)n1. The lowest BCUT2D eigenvalue weighted by Crippen LogP contribution is -2.01. The molecule has 0 aliphatic rings. The zero-order valence-corrected chi connectivity index (χ0v) is 11.8. The Kier molecular flexibility index (Phi) is 4.42. The van der Waals surface area contributed by atoms with Crippen LogP contribution in [-0.4, -0.2) is 16.2 Å². The molecule has 0 N–H and O–H groups in total. The molecule has 2 aromatic heterocycles. The maximum atomic E-state index is 9.02. The summed E-state index contributed by atoms with van der Waals surface area (Å²) in [6.07, 6.45) is 1.83. The first kappa shape index (κ1) is 13.1. The zero-order chi connectivity index (χ0) is 13.0. The van der Waals surface area contributed by atoms with Crippen molar-refractivity contribution in [3.05, 3.63) is 33.1 Å². The lowest BCUT2D eigenvalue weighted by molar-refractivity contribution is 0.290. The van der Waals surface area contributed by atoms with Gasteiger partial charge in [0.25, 0.3) is 0 Å². The molecule has 0 saturated carbocycles. The molecule has 0 fully saturated rings. The average molecular weight is 298 g/mol. The Balaban J connectivity index is 2.25. The summed E-state index contributed by atoms with van der Waals surface area (Å²) in [6.45, 7) is 0.360. The number of thiophene rings is 1. The Hall–Kier alpha value is -1.29. The molecule has 0 amide bonds. The Bertz CT molecular complexity index is 581. The van der Waals surface area contributed by atoms with E-state index in [4.69, 9.17) is 21.6 Å². The monoisotopic (exact) mass is 297 g/mol. The van der Waals surface area contributed by atoms with E-state index in [1.165, 1.54) is 11.8 Å². The summed E-state index contributed by atoms with van der Waals surface area (Å²) in [5.74, 6) is 0.230. The predicted molar refractivity (Wildman–Crippen MR) is 72.2 cm³/mol. The zero-order valence-electron chi connectivity index (χ0n) is 9.38. The topological polar surface area (TPSA) is 58.8 Å². The van der Waals surface area contributed by atoms with Gasteiger partial charge in [0.15, 0.2) is 15.9 Å². The number of halogens is 1. The number of nitriles is 1. The molecule has 0 radical (unpaired) electrons. The van der Waals surface area contributed by atoms with Crippen molar-refractivity contribution in [3.63, 3.8) is 0 Å². The molecular formula is C11H8ClN3OS2. The number of nitrogens with zero attached hydrogens (tertiary/aromatic N) is 3. The second-order valence-corrected chi connectivity index (χ2v) is 5.12. The van der Waals surface area contributed by atoms with Crippen LogP contribution in [0.3, 0.4) is 0 Å². The molecule has 18 heavy (non-hydrogen) atoms. The van der Waals surface area contributed by atoms with Gasteiger partial charge >= 0.3 is 0 Å². The van der Waals surface area contributed by atoms with Crippen molar-refractivity contribution in [2.24, 2.45) is 0 Å². The van der Waals surface area contributed by atoms with Gasteiger partial charge in [-0.15, -0.1) is 0 Å². The highest BCUT2D eigenvalue weighted by atomic mass is 35.5. The first-order chi connectivity index (χ1) is 8.74. The summed E-state index contributed by atoms with van der Waals surface area (Å²) in [6, 6.07) is 3.91. The molecule has 0 bridgehead atoms. The van der Waals surface area contributed by atoms with Crippen molar-refractivity contribution in [1.29, 1.82) is 5.26 Å². The van der Waals surface area contributed by atoms with E-state index in [2.05, 4.69) is 9.97 Å². The molecule has 4 nitrogen and oxygen atoms in total. The van der Waals surface area contributed by atoms with Gasteiger partial charge in [-0.2, -0.15) is 21.6 Å². The third kappa shape index (κ3) is 2.93. The second-order valence-electron chi connectivity index (χ2n) is 3.21. The number of hydrogen-bond donors (Lipinski definition) is 0. The van der Waals surface area contributed by atoms with Crippen LogP contribution < -0.4 is 4.74 Å². The fraction of sp³-hybridized carbons (Fsp3) is 0.182. The van der Waals surface area contributed by atoms with E-state index in [9.17, 15) is 0 Å². The highest BCUT2D eigenvalue weighted by Crippen LogP contribution is 2.26. The van der Waals surface area contributed by atoms with Gasteiger partial charge in [0, 0.05) is 5.56 Å². The van der Waals surface area contributed by atoms with E-state index in [0.29, 0.717) is 11.8 Å². The Morgan fingerprint density at radius 2 is 2.39 bits per heavy atom. The molecule has 0 spiro atoms. The molecule has 7 heteroatoms. The van der Waals surface area contributed by atoms with Gasteiger partial charge < -0.3 is 4.74 Å². The van der Waals surface area contributed by atoms with Crippen LogP contribution in [0.2, 0.25) is 5.15 Å². The molecule has 0 aliphatic carbocycles. The Morgan fingerprint density at radius 1 is 1.56 bits per heavy atom. The minimum absolute atomic E-state index is 0.122. The molecule has 92 valence electrons. The van der Waals surface area contributed by atoms with Crippen molar-refractivity contribution < 1.29 is 4.74 Å². The van der Waals surface area contributed by atoms with Crippen molar-refractivity contribution in [2.45, 2.75) is 11.8 Å². The van der Waals surface area contributed by atoms with E-state index in [1.807, 2.05) is 29.2 Å². The summed E-state index contributed by atoms with van der Waals surface area (Å²) in [5.41, 5.74) is 1.20. The lowest BCUT2D eigenvalue weighted by Gasteiger charge is -2.07. The number of ether oxygens (including phenoxy) is 1. The lowest BCUT2D eigenvalue weighted by atomic mass is 10.3. The van der Waals surface area contributed by atoms with Gasteiger partial charge in [-0.25, -0.2) is 4.98 Å². The normalized spacial score (nSPS) is 10.1. The molecule has 0 saturated heterocycles. The third-order valence-corrected chi connectivity index (χ3v) is 3.61. The van der Waals surface area contributed by atoms with Gasteiger partial charge in [-0.3, -0.25) is 0 Å². The van der Waals surface area contributed by atoms with Crippen LogP contribution in [0.4, 0.5) is 0 Å². The van der Waals surface area contributed by atoms with Crippen molar-refractivity contribution >= 4 is 34.7 Å². The third-order valence-electron chi connectivity index (χ3n) is 2.06. The smallest absolute Gasteiger partial charge is 0.237 e. The Labute approximate surface area is 118 Å². The van der Waals surface area contributed by atoms with Crippen molar-refractivity contribution in [3.8, 4) is 11.9 Å². The number of hydrogen-bond acceptors (Lipinski definition) is 6. The van der Waals surface area contributed by atoms with Gasteiger partial charge in [-0.05, 0) is 23.1 Å². The molecule has 2 heterocycles. The molecule has 0 aromatic carbocycles. The summed E-state index contributed by atoms with van der Waals surface area (Å²) in [7, 11) is 0. The van der Waals surface area contributed by atoms with Crippen LogP contribution in [0.25, 0.3) is 0 Å². The molecule has 2 aromatic rings. The molecule has 0 unspecified atom stereocenters. The predicted octanol–water partition coefficient (Wildman–Crippen LogP) is 3.36. The fourth-order valence-corrected chi connectivity index (χ4v) is 2.48. The van der Waals surface area contributed by atoms with Crippen LogP contribution >= 0.6 is 34.7 Å².